The molecule has 0 saturated carbocycles. The van der Waals surface area contributed by atoms with Gasteiger partial charge in [0.15, 0.2) is 0 Å². The summed E-state index contributed by atoms with van der Waals surface area (Å²) in [5.41, 5.74) is 8.66. The lowest BCUT2D eigenvalue weighted by Crippen LogP contribution is -2.13. The Balaban J connectivity index is 2.29. The van der Waals surface area contributed by atoms with E-state index < -0.39 is 0 Å². The molecule has 0 unspecified atom stereocenters. The summed E-state index contributed by atoms with van der Waals surface area (Å²) in [7, 11) is 0. The van der Waals surface area contributed by atoms with Gasteiger partial charge in [0.2, 0.25) is 0 Å². The lowest BCUT2D eigenvalue weighted by molar-refractivity contribution is 0.102. The third-order valence-electron chi connectivity index (χ3n) is 2.59. The fourth-order valence-electron chi connectivity index (χ4n) is 1.72. The van der Waals surface area contributed by atoms with Crippen molar-refractivity contribution in [3.63, 3.8) is 0 Å². The van der Waals surface area contributed by atoms with E-state index in [0.29, 0.717) is 16.9 Å². The SMILES string of the molecule is Cc1cc(N)c(NC(=O)c2cccc(Br)c2)c(Br)c1. The van der Waals surface area contributed by atoms with Crippen molar-refractivity contribution in [2.75, 3.05) is 11.1 Å². The van der Waals surface area contributed by atoms with Crippen LogP contribution in [0.5, 0.6) is 0 Å². The molecule has 2 aromatic rings. The predicted octanol–water partition coefficient (Wildman–Crippen LogP) is 4.35. The van der Waals surface area contributed by atoms with E-state index in [4.69, 9.17) is 5.73 Å². The normalized spacial score (nSPS) is 10.3. The van der Waals surface area contributed by atoms with Crippen LogP contribution in [0, 0.1) is 6.92 Å². The quantitative estimate of drug-likeness (QED) is 0.757. The number of hydrogen-bond donors (Lipinski definition) is 2. The van der Waals surface area contributed by atoms with Crippen LogP contribution in [0.3, 0.4) is 0 Å². The first-order valence-electron chi connectivity index (χ1n) is 5.60. The Bertz CT molecular complexity index is 618. The van der Waals surface area contributed by atoms with Gasteiger partial charge in [-0.15, -0.1) is 0 Å². The van der Waals surface area contributed by atoms with Crippen LogP contribution < -0.4 is 11.1 Å². The van der Waals surface area contributed by atoms with Crippen LogP contribution in [0.2, 0.25) is 0 Å². The summed E-state index contributed by atoms with van der Waals surface area (Å²) in [6.45, 7) is 1.95. The van der Waals surface area contributed by atoms with Crippen LogP contribution in [0.15, 0.2) is 45.3 Å². The molecule has 1 amide bonds. The summed E-state index contributed by atoms with van der Waals surface area (Å²) in [6, 6.07) is 10.9. The molecule has 98 valence electrons. The van der Waals surface area contributed by atoms with Crippen molar-refractivity contribution in [3.8, 4) is 0 Å². The number of carbonyl (C=O) groups excluding carboxylic acids is 1. The highest BCUT2D eigenvalue weighted by Crippen LogP contribution is 2.30. The van der Waals surface area contributed by atoms with Crippen molar-refractivity contribution >= 4 is 49.1 Å². The van der Waals surface area contributed by atoms with Gasteiger partial charge >= 0.3 is 0 Å². The molecule has 0 heterocycles. The molecule has 2 rings (SSSR count). The largest absolute Gasteiger partial charge is 0.397 e. The average Bonchev–Trinajstić information content (AvgIpc) is 2.33. The van der Waals surface area contributed by atoms with Crippen molar-refractivity contribution in [2.24, 2.45) is 0 Å². The maximum atomic E-state index is 12.1. The Kier molecular flexibility index (Phi) is 4.27. The van der Waals surface area contributed by atoms with E-state index in [1.165, 1.54) is 0 Å². The van der Waals surface area contributed by atoms with E-state index in [1.807, 2.05) is 31.2 Å². The molecule has 0 saturated heterocycles. The Labute approximate surface area is 128 Å². The minimum atomic E-state index is -0.197. The van der Waals surface area contributed by atoms with E-state index in [2.05, 4.69) is 37.2 Å². The van der Waals surface area contributed by atoms with Crippen LogP contribution in [0.1, 0.15) is 15.9 Å². The Morgan fingerprint density at radius 3 is 2.58 bits per heavy atom. The van der Waals surface area contributed by atoms with Crippen molar-refractivity contribution in [3.05, 3.63) is 56.5 Å². The van der Waals surface area contributed by atoms with Gasteiger partial charge in [-0.05, 0) is 58.7 Å². The second kappa shape index (κ2) is 5.75. The molecule has 0 aliphatic rings. The third kappa shape index (κ3) is 3.36. The zero-order chi connectivity index (χ0) is 14.0. The number of nitrogen functional groups attached to an aromatic ring is 1. The molecule has 0 bridgehead atoms. The average molecular weight is 384 g/mol. The van der Waals surface area contributed by atoms with Gasteiger partial charge in [0.25, 0.3) is 5.91 Å². The second-order valence-electron chi connectivity index (χ2n) is 4.18. The Morgan fingerprint density at radius 1 is 1.21 bits per heavy atom. The van der Waals surface area contributed by atoms with Crippen molar-refractivity contribution in [2.45, 2.75) is 6.92 Å². The molecule has 3 N–H and O–H groups in total. The fraction of sp³-hybridized carbons (Fsp3) is 0.0714. The van der Waals surface area contributed by atoms with Crippen LogP contribution >= 0.6 is 31.9 Å². The molecule has 0 atom stereocenters. The molecule has 2 aromatic carbocycles. The number of rotatable bonds is 2. The fourth-order valence-corrected chi connectivity index (χ4v) is 2.80. The van der Waals surface area contributed by atoms with E-state index in [-0.39, 0.29) is 5.91 Å². The molecular formula is C14H12Br2N2O. The van der Waals surface area contributed by atoms with Gasteiger partial charge in [-0.3, -0.25) is 4.79 Å². The zero-order valence-electron chi connectivity index (χ0n) is 10.2. The van der Waals surface area contributed by atoms with Crippen LogP contribution in [0.25, 0.3) is 0 Å². The van der Waals surface area contributed by atoms with Crippen LogP contribution in [0.4, 0.5) is 11.4 Å². The lowest BCUT2D eigenvalue weighted by atomic mass is 10.1. The zero-order valence-corrected chi connectivity index (χ0v) is 13.4. The maximum absolute atomic E-state index is 12.1. The number of nitrogens with two attached hydrogens (primary N) is 1. The molecule has 0 spiro atoms. The highest BCUT2D eigenvalue weighted by atomic mass is 79.9. The van der Waals surface area contributed by atoms with Crippen molar-refractivity contribution in [1.29, 1.82) is 0 Å². The summed E-state index contributed by atoms with van der Waals surface area (Å²) in [4.78, 5) is 12.1. The lowest BCUT2D eigenvalue weighted by Gasteiger charge is -2.11. The minimum Gasteiger partial charge on any atom is -0.397 e. The van der Waals surface area contributed by atoms with E-state index in [0.717, 1.165) is 14.5 Å². The van der Waals surface area contributed by atoms with Crippen LogP contribution in [-0.4, -0.2) is 5.91 Å². The summed E-state index contributed by atoms with van der Waals surface area (Å²) < 4.78 is 1.63. The maximum Gasteiger partial charge on any atom is 0.255 e. The molecule has 0 aromatic heterocycles. The van der Waals surface area contributed by atoms with E-state index in [9.17, 15) is 4.79 Å². The van der Waals surface area contributed by atoms with Gasteiger partial charge < -0.3 is 11.1 Å². The molecular weight excluding hydrogens is 372 g/mol. The van der Waals surface area contributed by atoms with Gasteiger partial charge in [0, 0.05) is 14.5 Å². The molecule has 19 heavy (non-hydrogen) atoms. The molecule has 0 fully saturated rings. The monoisotopic (exact) mass is 382 g/mol. The molecule has 0 aliphatic heterocycles. The standard InChI is InChI=1S/C14H12Br2N2O/c1-8-5-11(16)13(12(17)6-8)18-14(19)9-3-2-4-10(15)7-9/h2-7H,17H2,1H3,(H,18,19). The summed E-state index contributed by atoms with van der Waals surface area (Å²) in [5.74, 6) is -0.197. The minimum absolute atomic E-state index is 0.197. The Hall–Kier alpha value is -1.33. The number of carbonyl (C=O) groups is 1. The van der Waals surface area contributed by atoms with Gasteiger partial charge in [-0.1, -0.05) is 22.0 Å². The molecule has 3 nitrogen and oxygen atoms in total. The van der Waals surface area contributed by atoms with Gasteiger partial charge in [-0.2, -0.15) is 0 Å². The molecule has 5 heteroatoms. The first kappa shape index (κ1) is 14.1. The molecule has 0 aliphatic carbocycles. The van der Waals surface area contributed by atoms with Crippen LogP contribution in [-0.2, 0) is 0 Å². The van der Waals surface area contributed by atoms with E-state index in [1.54, 1.807) is 12.1 Å². The highest BCUT2D eigenvalue weighted by Gasteiger charge is 2.11. The number of nitrogens with one attached hydrogen (secondary N) is 1. The predicted molar refractivity (Wildman–Crippen MR) is 85.4 cm³/mol. The number of benzene rings is 2. The number of halogens is 2. The highest BCUT2D eigenvalue weighted by molar-refractivity contribution is 9.10. The number of hydrogen-bond acceptors (Lipinski definition) is 2. The Morgan fingerprint density at radius 2 is 1.95 bits per heavy atom. The van der Waals surface area contributed by atoms with Gasteiger partial charge in [0.1, 0.15) is 0 Å². The number of anilines is 2. The molecule has 0 radical (unpaired) electrons. The van der Waals surface area contributed by atoms with Gasteiger partial charge in [-0.25, -0.2) is 0 Å². The van der Waals surface area contributed by atoms with Gasteiger partial charge in [0.05, 0.1) is 11.4 Å². The third-order valence-corrected chi connectivity index (χ3v) is 3.71. The number of aryl methyl sites for hydroxylation is 1. The first-order chi connectivity index (χ1) is 8.97. The first-order valence-corrected chi connectivity index (χ1v) is 7.18. The summed E-state index contributed by atoms with van der Waals surface area (Å²) in [6.07, 6.45) is 0. The smallest absolute Gasteiger partial charge is 0.255 e. The topological polar surface area (TPSA) is 55.1 Å². The van der Waals surface area contributed by atoms with Crippen molar-refractivity contribution < 1.29 is 4.79 Å². The summed E-state index contributed by atoms with van der Waals surface area (Å²) in [5, 5.41) is 2.82. The number of amides is 1. The second-order valence-corrected chi connectivity index (χ2v) is 5.95. The van der Waals surface area contributed by atoms with Crippen molar-refractivity contribution in [1.82, 2.24) is 0 Å². The van der Waals surface area contributed by atoms with E-state index >= 15 is 0 Å². The summed E-state index contributed by atoms with van der Waals surface area (Å²) >= 11 is 6.75.